The van der Waals surface area contributed by atoms with Gasteiger partial charge in [-0.15, -0.1) is 22.7 Å². The van der Waals surface area contributed by atoms with Gasteiger partial charge in [-0.3, -0.25) is 20.4 Å². The van der Waals surface area contributed by atoms with Gasteiger partial charge in [-0.05, 0) is 72.8 Å². The summed E-state index contributed by atoms with van der Waals surface area (Å²) >= 11 is 3.57. The molecule has 4 rings (SSSR count). The molecule has 0 atom stereocenters. The summed E-state index contributed by atoms with van der Waals surface area (Å²) in [6.07, 6.45) is 0. The highest BCUT2D eigenvalue weighted by Gasteiger charge is 2.24. The van der Waals surface area contributed by atoms with Gasteiger partial charge in [0.2, 0.25) is 11.6 Å². The second kappa shape index (κ2) is 11.7. The summed E-state index contributed by atoms with van der Waals surface area (Å²) in [4.78, 5) is 27.6. The summed E-state index contributed by atoms with van der Waals surface area (Å²) in [6, 6.07) is 22.4. The fourth-order valence-electron chi connectivity index (χ4n) is 2.84. The third kappa shape index (κ3) is 6.75. The molecule has 6 nitrogen and oxygen atoms in total. The van der Waals surface area contributed by atoms with E-state index in [1.54, 1.807) is 24.3 Å². The Morgan fingerprint density at radius 3 is 1.40 bits per heavy atom. The monoisotopic (exact) mass is 518 g/mol. The van der Waals surface area contributed by atoms with Crippen LogP contribution in [0.25, 0.3) is 0 Å². The van der Waals surface area contributed by atoms with E-state index < -0.39 is 0 Å². The average Bonchev–Trinajstić information content (AvgIpc) is 3.60. The third-order valence-corrected chi connectivity index (χ3v) is 7.43. The number of aryl methyl sites for hydroxylation is 2. The van der Waals surface area contributed by atoms with E-state index in [0.717, 1.165) is 34.3 Å². The Labute approximate surface area is 215 Å². The number of hydrogen-bond acceptors (Lipinski definition) is 9. The Morgan fingerprint density at radius 1 is 0.657 bits per heavy atom. The molecule has 35 heavy (non-hydrogen) atoms. The van der Waals surface area contributed by atoms with Crippen molar-refractivity contribution in [2.75, 3.05) is 10.9 Å². The van der Waals surface area contributed by atoms with Gasteiger partial charge in [0, 0.05) is 0 Å². The molecule has 0 spiro atoms. The molecule has 0 saturated heterocycles. The van der Waals surface area contributed by atoms with Gasteiger partial charge in [-0.2, -0.15) is 10.2 Å². The van der Waals surface area contributed by atoms with Crippen molar-refractivity contribution >= 4 is 67.5 Å². The fraction of sp³-hybridized carbons (Fsp3) is 0.0769. The molecular formula is C26H22N4O2S3. The number of hydrogen-bond donors (Lipinski definition) is 2. The molecule has 0 fully saturated rings. The molecule has 9 heteroatoms. The third-order valence-electron chi connectivity index (χ3n) is 4.75. The number of Topliss-reactive ketones (excluding diaryl/α,β-unsaturated/α-hetero) is 2. The molecule has 4 aromatic rings. The van der Waals surface area contributed by atoms with E-state index in [9.17, 15) is 9.59 Å². The van der Waals surface area contributed by atoms with Crippen molar-refractivity contribution in [1.82, 2.24) is 0 Å². The molecule has 2 aromatic heterocycles. The second-order valence-corrected chi connectivity index (χ2v) is 10.4. The number of hydrazone groups is 2. The second-order valence-electron chi connectivity index (χ2n) is 7.50. The Hall–Kier alpha value is -3.53. The lowest BCUT2D eigenvalue weighted by atomic mass is 10.2. The van der Waals surface area contributed by atoms with Gasteiger partial charge in [0.15, 0.2) is 10.1 Å². The summed E-state index contributed by atoms with van der Waals surface area (Å²) in [5.41, 5.74) is 9.57. The number of ketones is 2. The number of thiophene rings is 2. The number of carbonyl (C=O) groups is 2. The van der Waals surface area contributed by atoms with Crippen LogP contribution in [0.15, 0.2) is 93.8 Å². The Balaban J connectivity index is 1.66. The van der Waals surface area contributed by atoms with E-state index in [0.29, 0.717) is 9.75 Å². The van der Waals surface area contributed by atoms with Crippen LogP contribution in [0, 0.1) is 13.8 Å². The standard InChI is InChI=1S/C26H22N4O2S3/c1-17-7-11-19(12-8-17)27-29-25(23(31)21-5-3-15-33-21)35-26(24(32)22-6-4-16-34-22)30-28-20-13-9-18(2)10-14-20/h3-16,27-28H,1-2H3/b29-25+,30-26+. The Morgan fingerprint density at radius 2 is 1.06 bits per heavy atom. The first-order valence-corrected chi connectivity index (χ1v) is 13.2. The molecule has 0 aliphatic rings. The lowest BCUT2D eigenvalue weighted by molar-refractivity contribution is 0.106. The minimum Gasteiger partial charge on any atom is -0.285 e. The summed E-state index contributed by atoms with van der Waals surface area (Å²) in [5, 5.41) is 12.6. The van der Waals surface area contributed by atoms with Crippen LogP contribution in [-0.4, -0.2) is 21.7 Å². The zero-order valence-electron chi connectivity index (χ0n) is 19.0. The molecule has 2 N–H and O–H groups in total. The zero-order valence-corrected chi connectivity index (χ0v) is 21.5. The minimum absolute atomic E-state index is 0.113. The van der Waals surface area contributed by atoms with Gasteiger partial charge in [-0.1, -0.05) is 47.5 Å². The maximum absolute atomic E-state index is 13.3. The van der Waals surface area contributed by atoms with Gasteiger partial charge in [0.05, 0.1) is 21.1 Å². The summed E-state index contributed by atoms with van der Waals surface area (Å²) in [5.74, 6) is -0.571. The van der Waals surface area contributed by atoms with E-state index >= 15 is 0 Å². The van der Waals surface area contributed by atoms with E-state index in [-0.39, 0.29) is 21.7 Å². The van der Waals surface area contributed by atoms with Crippen molar-refractivity contribution in [1.29, 1.82) is 0 Å². The molecule has 2 heterocycles. The molecule has 2 aromatic carbocycles. The first kappa shape index (κ1) is 24.6. The quantitative estimate of drug-likeness (QED) is 0.113. The number of carbonyl (C=O) groups excluding carboxylic acids is 2. The molecule has 0 unspecified atom stereocenters. The predicted octanol–water partition coefficient (Wildman–Crippen LogP) is 7.08. The van der Waals surface area contributed by atoms with Crippen LogP contribution in [-0.2, 0) is 0 Å². The average molecular weight is 519 g/mol. The highest BCUT2D eigenvalue weighted by atomic mass is 32.2. The van der Waals surface area contributed by atoms with Crippen LogP contribution in [0.1, 0.15) is 30.5 Å². The molecular weight excluding hydrogens is 497 g/mol. The van der Waals surface area contributed by atoms with Crippen LogP contribution >= 0.6 is 34.4 Å². The van der Waals surface area contributed by atoms with Crippen molar-refractivity contribution in [2.24, 2.45) is 10.2 Å². The molecule has 0 aliphatic heterocycles. The van der Waals surface area contributed by atoms with Gasteiger partial charge in [-0.25, -0.2) is 0 Å². The zero-order chi connectivity index (χ0) is 24.6. The highest BCUT2D eigenvalue weighted by molar-refractivity contribution is 8.29. The van der Waals surface area contributed by atoms with E-state index in [4.69, 9.17) is 0 Å². The molecule has 0 aliphatic carbocycles. The van der Waals surface area contributed by atoms with Crippen LogP contribution in [0.3, 0.4) is 0 Å². The number of rotatable bonds is 8. The number of thioether (sulfide) groups is 1. The number of anilines is 2. The maximum atomic E-state index is 13.3. The van der Waals surface area contributed by atoms with Crippen LogP contribution < -0.4 is 10.9 Å². The van der Waals surface area contributed by atoms with Gasteiger partial charge in [0.1, 0.15) is 0 Å². The van der Waals surface area contributed by atoms with Crippen LogP contribution in [0.2, 0.25) is 0 Å². The lowest BCUT2D eigenvalue weighted by Crippen LogP contribution is -2.19. The summed E-state index contributed by atoms with van der Waals surface area (Å²) < 4.78 is 0. The fourth-order valence-corrected chi connectivity index (χ4v) is 5.07. The number of benzene rings is 2. The van der Waals surface area contributed by atoms with Gasteiger partial charge < -0.3 is 0 Å². The van der Waals surface area contributed by atoms with Crippen LogP contribution in [0.4, 0.5) is 11.4 Å². The first-order chi connectivity index (χ1) is 17.0. The van der Waals surface area contributed by atoms with Crippen molar-refractivity contribution in [2.45, 2.75) is 13.8 Å². The molecule has 0 amide bonds. The lowest BCUT2D eigenvalue weighted by Gasteiger charge is -2.09. The van der Waals surface area contributed by atoms with E-state index in [1.165, 1.54) is 22.7 Å². The van der Waals surface area contributed by atoms with Crippen LogP contribution in [0.5, 0.6) is 0 Å². The summed E-state index contributed by atoms with van der Waals surface area (Å²) in [6.45, 7) is 3.99. The smallest absolute Gasteiger partial charge is 0.230 e. The summed E-state index contributed by atoms with van der Waals surface area (Å²) in [7, 11) is 0. The van der Waals surface area contributed by atoms with Gasteiger partial charge >= 0.3 is 0 Å². The largest absolute Gasteiger partial charge is 0.285 e. The minimum atomic E-state index is -0.286. The van der Waals surface area contributed by atoms with E-state index in [1.807, 2.05) is 73.1 Å². The number of nitrogens with zero attached hydrogens (tertiary/aromatic N) is 2. The topological polar surface area (TPSA) is 82.9 Å². The molecule has 0 radical (unpaired) electrons. The molecule has 0 bridgehead atoms. The maximum Gasteiger partial charge on any atom is 0.230 e. The highest BCUT2D eigenvalue weighted by Crippen LogP contribution is 2.22. The first-order valence-electron chi connectivity index (χ1n) is 10.6. The van der Waals surface area contributed by atoms with Crippen molar-refractivity contribution in [3.05, 3.63) is 104 Å². The van der Waals surface area contributed by atoms with Crippen molar-refractivity contribution in [3.8, 4) is 0 Å². The Bertz CT molecular complexity index is 1240. The van der Waals surface area contributed by atoms with E-state index in [2.05, 4.69) is 21.1 Å². The number of nitrogens with one attached hydrogen (secondary N) is 2. The Kier molecular flexibility index (Phi) is 8.25. The SMILES string of the molecule is Cc1ccc(N/N=C(/S/C(=N/Nc2ccc(C)cc2)C(=O)c2cccs2)C(=O)c2cccs2)cc1. The van der Waals surface area contributed by atoms with Crippen molar-refractivity contribution in [3.63, 3.8) is 0 Å². The molecule has 176 valence electrons. The normalized spacial score (nSPS) is 11.8. The van der Waals surface area contributed by atoms with Crippen molar-refractivity contribution < 1.29 is 9.59 Å². The predicted molar refractivity (Wildman–Crippen MR) is 149 cm³/mol. The van der Waals surface area contributed by atoms with Gasteiger partial charge in [0.25, 0.3) is 0 Å². The molecule has 0 saturated carbocycles.